The van der Waals surface area contributed by atoms with Crippen LogP contribution in [-0.4, -0.2) is 46.6 Å². The number of anilines is 2. The van der Waals surface area contributed by atoms with Gasteiger partial charge in [0.2, 0.25) is 11.8 Å². The van der Waals surface area contributed by atoms with Crippen molar-refractivity contribution in [2.24, 2.45) is 5.92 Å². The van der Waals surface area contributed by atoms with Crippen LogP contribution < -0.4 is 16.0 Å². The van der Waals surface area contributed by atoms with Crippen molar-refractivity contribution in [1.82, 2.24) is 14.9 Å². The van der Waals surface area contributed by atoms with E-state index in [2.05, 4.69) is 21.0 Å². The molecule has 6 rings (SSSR count). The standard InChI is InChI=1S/C28H31N5O4/c34-25(23-17-20-8-4-5-13-33(20)32-23)31-24(18-6-2-1-3-7-18)26(35)29-19-9-10-21-22(16-19)30-27(36)28(21)11-14-37-15-12-28/h4-5,8-10,13,16-18,24H,1-3,6-7,11-12,14-15H2,(H,29,35)(H,30,36)(H,31,34). The van der Waals surface area contributed by atoms with Crippen LogP contribution in [0.25, 0.3) is 5.52 Å². The summed E-state index contributed by atoms with van der Waals surface area (Å²) in [7, 11) is 0. The molecule has 192 valence electrons. The maximum absolute atomic E-state index is 13.6. The summed E-state index contributed by atoms with van der Waals surface area (Å²) in [4.78, 5) is 39.6. The van der Waals surface area contributed by atoms with Crippen LogP contribution in [0.4, 0.5) is 11.4 Å². The van der Waals surface area contributed by atoms with Crippen LogP contribution >= 0.6 is 0 Å². The number of hydrogen-bond acceptors (Lipinski definition) is 5. The predicted octanol–water partition coefficient (Wildman–Crippen LogP) is 3.65. The lowest BCUT2D eigenvalue weighted by Crippen LogP contribution is -2.49. The molecular weight excluding hydrogens is 470 g/mol. The molecule has 9 nitrogen and oxygen atoms in total. The van der Waals surface area contributed by atoms with Crippen LogP contribution in [0.15, 0.2) is 48.7 Å². The van der Waals surface area contributed by atoms with E-state index in [0.29, 0.717) is 31.7 Å². The molecule has 3 N–H and O–H groups in total. The second kappa shape index (κ2) is 9.63. The van der Waals surface area contributed by atoms with Crippen molar-refractivity contribution in [3.63, 3.8) is 0 Å². The SMILES string of the molecule is O=C(NC(C(=O)Nc1ccc2c(c1)NC(=O)C21CCOCC1)C1CCCCC1)c1cc2ccccn2n1. The van der Waals surface area contributed by atoms with Crippen molar-refractivity contribution in [3.8, 4) is 0 Å². The van der Waals surface area contributed by atoms with Gasteiger partial charge in [0.25, 0.3) is 5.91 Å². The number of benzene rings is 1. The largest absolute Gasteiger partial charge is 0.381 e. The van der Waals surface area contributed by atoms with E-state index in [9.17, 15) is 14.4 Å². The number of ether oxygens (including phenoxy) is 1. The minimum atomic E-state index is -0.678. The number of pyridine rings is 1. The van der Waals surface area contributed by atoms with Crippen molar-refractivity contribution in [1.29, 1.82) is 0 Å². The lowest BCUT2D eigenvalue weighted by atomic mass is 9.75. The summed E-state index contributed by atoms with van der Waals surface area (Å²) in [6.45, 7) is 1.11. The Morgan fingerprint density at radius 1 is 1.08 bits per heavy atom. The number of amides is 3. The van der Waals surface area contributed by atoms with Crippen LogP contribution in [0.3, 0.4) is 0 Å². The number of fused-ring (bicyclic) bond motifs is 3. The van der Waals surface area contributed by atoms with Crippen LogP contribution in [0.1, 0.15) is 61.0 Å². The van der Waals surface area contributed by atoms with Gasteiger partial charge in [-0.3, -0.25) is 14.4 Å². The van der Waals surface area contributed by atoms with E-state index in [4.69, 9.17) is 4.74 Å². The Hall–Kier alpha value is -3.72. The first-order chi connectivity index (χ1) is 18.0. The second-order valence-corrected chi connectivity index (χ2v) is 10.3. The van der Waals surface area contributed by atoms with Gasteiger partial charge in [0, 0.05) is 30.8 Å². The Labute approximate surface area is 214 Å². The number of aromatic nitrogens is 2. The molecule has 3 amide bonds. The van der Waals surface area contributed by atoms with Gasteiger partial charge in [0.1, 0.15) is 6.04 Å². The maximum atomic E-state index is 13.6. The third kappa shape index (κ3) is 4.37. The molecule has 4 heterocycles. The fourth-order valence-corrected chi connectivity index (χ4v) is 6.07. The fraction of sp³-hybridized carbons (Fsp3) is 0.429. The Balaban J connectivity index is 1.22. The summed E-state index contributed by atoms with van der Waals surface area (Å²) in [6.07, 6.45) is 8.07. The first-order valence-electron chi connectivity index (χ1n) is 13.1. The first kappa shape index (κ1) is 23.7. The third-order valence-electron chi connectivity index (χ3n) is 8.12. The molecule has 1 saturated carbocycles. The van der Waals surface area contributed by atoms with Crippen molar-refractivity contribution in [2.45, 2.75) is 56.4 Å². The van der Waals surface area contributed by atoms with Crippen molar-refractivity contribution < 1.29 is 19.1 Å². The molecule has 9 heteroatoms. The highest BCUT2D eigenvalue weighted by Crippen LogP contribution is 2.45. The van der Waals surface area contributed by atoms with Crippen molar-refractivity contribution >= 4 is 34.6 Å². The molecule has 2 fully saturated rings. The van der Waals surface area contributed by atoms with Crippen LogP contribution in [0, 0.1) is 5.92 Å². The zero-order valence-electron chi connectivity index (χ0n) is 20.7. The number of carbonyl (C=O) groups is 3. The molecule has 1 aromatic carbocycles. The zero-order chi connectivity index (χ0) is 25.4. The lowest BCUT2D eigenvalue weighted by molar-refractivity contribution is -0.124. The molecule has 1 saturated heterocycles. The molecule has 1 atom stereocenters. The minimum Gasteiger partial charge on any atom is -0.381 e. The monoisotopic (exact) mass is 501 g/mol. The number of carbonyl (C=O) groups excluding carboxylic acids is 3. The molecule has 0 bridgehead atoms. The summed E-state index contributed by atoms with van der Waals surface area (Å²) in [5.41, 5.74) is 2.82. The van der Waals surface area contributed by atoms with E-state index in [0.717, 1.165) is 48.9 Å². The predicted molar refractivity (Wildman–Crippen MR) is 138 cm³/mol. The quantitative estimate of drug-likeness (QED) is 0.494. The summed E-state index contributed by atoms with van der Waals surface area (Å²) >= 11 is 0. The van der Waals surface area contributed by atoms with E-state index in [1.807, 2.05) is 36.4 Å². The highest BCUT2D eigenvalue weighted by atomic mass is 16.5. The van der Waals surface area contributed by atoms with Crippen molar-refractivity contribution in [2.75, 3.05) is 23.8 Å². The normalized spacial score (nSPS) is 19.8. The van der Waals surface area contributed by atoms with Gasteiger partial charge in [0.15, 0.2) is 5.69 Å². The van der Waals surface area contributed by atoms with Crippen molar-refractivity contribution in [3.05, 3.63) is 59.9 Å². The van der Waals surface area contributed by atoms with Gasteiger partial charge in [-0.15, -0.1) is 0 Å². The number of nitrogens with one attached hydrogen (secondary N) is 3. The zero-order valence-corrected chi connectivity index (χ0v) is 20.7. The Morgan fingerprint density at radius 3 is 2.68 bits per heavy atom. The molecule has 0 radical (unpaired) electrons. The lowest BCUT2D eigenvalue weighted by Gasteiger charge is -2.31. The van der Waals surface area contributed by atoms with Crippen LogP contribution in [0.5, 0.6) is 0 Å². The van der Waals surface area contributed by atoms with Gasteiger partial charge in [-0.2, -0.15) is 5.10 Å². The minimum absolute atomic E-state index is 0.00548. The molecule has 2 aliphatic heterocycles. The van der Waals surface area contributed by atoms with Gasteiger partial charge in [-0.25, -0.2) is 4.52 Å². The molecule has 2 aromatic heterocycles. The van der Waals surface area contributed by atoms with Gasteiger partial charge >= 0.3 is 0 Å². The molecule has 37 heavy (non-hydrogen) atoms. The first-order valence-corrected chi connectivity index (χ1v) is 13.1. The number of hydrogen-bond donors (Lipinski definition) is 3. The maximum Gasteiger partial charge on any atom is 0.272 e. The van der Waals surface area contributed by atoms with E-state index in [-0.39, 0.29) is 29.3 Å². The second-order valence-electron chi connectivity index (χ2n) is 10.3. The average Bonchev–Trinajstić information content (AvgIpc) is 3.47. The highest BCUT2D eigenvalue weighted by Gasteiger charge is 2.47. The number of nitrogens with zero attached hydrogens (tertiary/aromatic N) is 2. The van der Waals surface area contributed by atoms with E-state index >= 15 is 0 Å². The fourth-order valence-electron chi connectivity index (χ4n) is 6.07. The van der Waals surface area contributed by atoms with Gasteiger partial charge in [0.05, 0.1) is 10.9 Å². The van der Waals surface area contributed by atoms with Crippen LogP contribution in [0.2, 0.25) is 0 Å². The van der Waals surface area contributed by atoms with Gasteiger partial charge in [-0.1, -0.05) is 31.4 Å². The molecule has 1 unspecified atom stereocenters. The summed E-state index contributed by atoms with van der Waals surface area (Å²) in [5, 5.41) is 13.4. The van der Waals surface area contributed by atoms with E-state index in [1.54, 1.807) is 16.8 Å². The van der Waals surface area contributed by atoms with Gasteiger partial charge < -0.3 is 20.7 Å². The summed E-state index contributed by atoms with van der Waals surface area (Å²) in [6, 6.07) is 12.3. The Bertz CT molecular complexity index is 1320. The smallest absolute Gasteiger partial charge is 0.272 e. The Kier molecular flexibility index (Phi) is 6.16. The topological polar surface area (TPSA) is 114 Å². The molecule has 1 spiro atoms. The average molecular weight is 502 g/mol. The molecule has 3 aromatic rings. The third-order valence-corrected chi connectivity index (χ3v) is 8.12. The molecule has 1 aliphatic carbocycles. The highest BCUT2D eigenvalue weighted by molar-refractivity contribution is 6.07. The van der Waals surface area contributed by atoms with Crippen LogP contribution in [-0.2, 0) is 19.7 Å². The number of rotatable bonds is 5. The Morgan fingerprint density at radius 2 is 1.89 bits per heavy atom. The van der Waals surface area contributed by atoms with Gasteiger partial charge in [-0.05, 0) is 67.5 Å². The molecular formula is C28H31N5O4. The molecule has 3 aliphatic rings. The van der Waals surface area contributed by atoms with E-state index < -0.39 is 11.5 Å². The van der Waals surface area contributed by atoms with E-state index in [1.165, 1.54) is 0 Å². The summed E-state index contributed by atoms with van der Waals surface area (Å²) < 4.78 is 7.13. The summed E-state index contributed by atoms with van der Waals surface area (Å²) in [5.74, 6) is -0.574.